The highest BCUT2D eigenvalue weighted by molar-refractivity contribution is 5.53. The lowest BCUT2D eigenvalue weighted by Gasteiger charge is -2.28. The average Bonchev–Trinajstić information content (AvgIpc) is 2.70. The summed E-state index contributed by atoms with van der Waals surface area (Å²) in [5.41, 5.74) is 2.86. The smallest absolute Gasteiger partial charge is 0.160 e. The van der Waals surface area contributed by atoms with Crippen LogP contribution in [-0.2, 0) is 19.5 Å². The Bertz CT molecular complexity index is 942. The number of hydrogen-bond acceptors (Lipinski definition) is 5. The third-order valence-electron chi connectivity index (χ3n) is 4.66. The zero-order valence-corrected chi connectivity index (χ0v) is 14.8. The van der Waals surface area contributed by atoms with Crippen LogP contribution in [0.4, 0.5) is 8.78 Å². The molecule has 27 heavy (non-hydrogen) atoms. The van der Waals surface area contributed by atoms with Crippen molar-refractivity contribution in [3.8, 4) is 17.1 Å². The monoisotopic (exact) mass is 368 g/mol. The topological polar surface area (TPSA) is 51.1 Å². The van der Waals surface area contributed by atoms with Crippen LogP contribution in [0.25, 0.3) is 11.4 Å². The molecule has 0 bridgehead atoms. The lowest BCUT2D eigenvalue weighted by molar-refractivity contribution is 0.235. The second kappa shape index (κ2) is 7.36. The second-order valence-electron chi connectivity index (χ2n) is 6.44. The molecule has 0 spiro atoms. The molecule has 0 aliphatic carbocycles. The number of pyridine rings is 1. The predicted molar refractivity (Wildman–Crippen MR) is 96.0 cm³/mol. The van der Waals surface area contributed by atoms with Gasteiger partial charge in [-0.05, 0) is 12.1 Å². The number of benzene rings is 1. The molecule has 7 heteroatoms. The standard InChI is InChI=1S/C20H18F2N4O/c1-27-15-7-17(21)16(18(22)8-15)12-26-6-4-19-14(11-26)10-24-20(25-19)13-3-2-5-23-9-13/h2-3,5,7-10H,4,6,11-12H2,1H3. The second-order valence-corrected chi connectivity index (χ2v) is 6.44. The van der Waals surface area contributed by atoms with Crippen LogP contribution in [0, 0.1) is 11.6 Å². The summed E-state index contributed by atoms with van der Waals surface area (Å²) in [5, 5.41) is 0. The van der Waals surface area contributed by atoms with E-state index in [-0.39, 0.29) is 17.9 Å². The molecule has 5 nitrogen and oxygen atoms in total. The number of ether oxygens (including phenoxy) is 1. The molecule has 3 heterocycles. The quantitative estimate of drug-likeness (QED) is 0.707. The molecule has 4 rings (SSSR count). The Balaban J connectivity index is 1.53. The maximum Gasteiger partial charge on any atom is 0.160 e. The number of nitrogens with zero attached hydrogens (tertiary/aromatic N) is 4. The SMILES string of the molecule is COc1cc(F)c(CN2CCc3nc(-c4cccnc4)ncc3C2)c(F)c1. The van der Waals surface area contributed by atoms with Gasteiger partial charge in [-0.25, -0.2) is 18.7 Å². The van der Waals surface area contributed by atoms with Gasteiger partial charge in [-0.2, -0.15) is 0 Å². The third kappa shape index (κ3) is 3.64. The molecule has 0 saturated carbocycles. The highest BCUT2D eigenvalue weighted by Gasteiger charge is 2.22. The van der Waals surface area contributed by atoms with Gasteiger partial charge in [0.2, 0.25) is 0 Å². The highest BCUT2D eigenvalue weighted by atomic mass is 19.1. The first-order valence-electron chi connectivity index (χ1n) is 8.63. The van der Waals surface area contributed by atoms with Gasteiger partial charge in [0.25, 0.3) is 0 Å². The summed E-state index contributed by atoms with van der Waals surface area (Å²) in [6.07, 6.45) is 5.92. The molecule has 0 saturated heterocycles. The summed E-state index contributed by atoms with van der Waals surface area (Å²) in [7, 11) is 1.38. The summed E-state index contributed by atoms with van der Waals surface area (Å²) in [5.74, 6) is -0.377. The van der Waals surface area contributed by atoms with Gasteiger partial charge in [0.1, 0.15) is 17.4 Å². The van der Waals surface area contributed by atoms with E-state index in [1.807, 2.05) is 17.0 Å². The first-order valence-corrected chi connectivity index (χ1v) is 8.63. The number of aromatic nitrogens is 3. The van der Waals surface area contributed by atoms with Crippen molar-refractivity contribution in [2.24, 2.45) is 0 Å². The van der Waals surface area contributed by atoms with Crippen molar-refractivity contribution in [1.82, 2.24) is 19.9 Å². The zero-order chi connectivity index (χ0) is 18.8. The van der Waals surface area contributed by atoms with Crippen molar-refractivity contribution in [2.45, 2.75) is 19.5 Å². The summed E-state index contributed by atoms with van der Waals surface area (Å²) in [4.78, 5) is 15.1. The summed E-state index contributed by atoms with van der Waals surface area (Å²) < 4.78 is 33.3. The van der Waals surface area contributed by atoms with Crippen molar-refractivity contribution in [3.63, 3.8) is 0 Å². The Labute approximate surface area is 155 Å². The molecule has 3 aromatic rings. The van der Waals surface area contributed by atoms with Gasteiger partial charge in [-0.15, -0.1) is 0 Å². The van der Waals surface area contributed by atoms with Crippen molar-refractivity contribution in [3.05, 3.63) is 71.3 Å². The number of halogens is 2. The highest BCUT2D eigenvalue weighted by Crippen LogP contribution is 2.25. The molecule has 0 atom stereocenters. The molecule has 0 amide bonds. The van der Waals surface area contributed by atoms with Crippen LogP contribution >= 0.6 is 0 Å². The summed E-state index contributed by atoms with van der Waals surface area (Å²) in [6.45, 7) is 1.40. The molecule has 138 valence electrons. The van der Waals surface area contributed by atoms with Crippen LogP contribution in [0.3, 0.4) is 0 Å². The van der Waals surface area contributed by atoms with E-state index in [1.165, 1.54) is 19.2 Å². The normalized spacial score (nSPS) is 14.0. The number of fused-ring (bicyclic) bond motifs is 1. The lowest BCUT2D eigenvalue weighted by atomic mass is 10.1. The maximum atomic E-state index is 14.2. The van der Waals surface area contributed by atoms with E-state index >= 15 is 0 Å². The summed E-state index contributed by atoms with van der Waals surface area (Å²) >= 11 is 0. The molecule has 1 aromatic carbocycles. The fourth-order valence-corrected chi connectivity index (χ4v) is 3.22. The minimum Gasteiger partial charge on any atom is -0.497 e. The Morgan fingerprint density at radius 3 is 2.70 bits per heavy atom. The van der Waals surface area contributed by atoms with Crippen molar-refractivity contribution in [2.75, 3.05) is 13.7 Å². The van der Waals surface area contributed by atoms with Crippen LogP contribution < -0.4 is 4.74 Å². The van der Waals surface area contributed by atoms with E-state index in [9.17, 15) is 8.78 Å². The Morgan fingerprint density at radius 1 is 1.19 bits per heavy atom. The van der Waals surface area contributed by atoms with Gasteiger partial charge in [-0.3, -0.25) is 9.88 Å². The van der Waals surface area contributed by atoms with Gasteiger partial charge >= 0.3 is 0 Å². The van der Waals surface area contributed by atoms with Crippen LogP contribution in [0.5, 0.6) is 5.75 Å². The van der Waals surface area contributed by atoms with Crippen molar-refractivity contribution < 1.29 is 13.5 Å². The number of rotatable bonds is 4. The largest absolute Gasteiger partial charge is 0.497 e. The number of hydrogen-bond donors (Lipinski definition) is 0. The Kier molecular flexibility index (Phi) is 4.77. The minimum absolute atomic E-state index is 0.0483. The molecule has 1 aliphatic heterocycles. The van der Waals surface area contributed by atoms with Crippen LogP contribution in [0.2, 0.25) is 0 Å². The van der Waals surface area contributed by atoms with Gasteiger partial charge in [0, 0.05) is 73.5 Å². The first kappa shape index (κ1) is 17.5. The van der Waals surface area contributed by atoms with Gasteiger partial charge in [0.05, 0.1) is 12.8 Å². The molecule has 2 aromatic heterocycles. The van der Waals surface area contributed by atoms with E-state index in [2.05, 4.69) is 15.0 Å². The van der Waals surface area contributed by atoms with E-state index in [0.29, 0.717) is 25.3 Å². The fourth-order valence-electron chi connectivity index (χ4n) is 3.22. The third-order valence-corrected chi connectivity index (χ3v) is 4.66. The van der Waals surface area contributed by atoms with Gasteiger partial charge in [0.15, 0.2) is 5.82 Å². The van der Waals surface area contributed by atoms with E-state index in [1.54, 1.807) is 18.6 Å². The average molecular weight is 368 g/mol. The van der Waals surface area contributed by atoms with Crippen LogP contribution in [0.15, 0.2) is 42.9 Å². The van der Waals surface area contributed by atoms with E-state index in [4.69, 9.17) is 4.74 Å². The van der Waals surface area contributed by atoms with Gasteiger partial charge < -0.3 is 4.74 Å². The fraction of sp³-hybridized carbons (Fsp3) is 0.250. The molecular weight excluding hydrogens is 350 g/mol. The van der Waals surface area contributed by atoms with Crippen molar-refractivity contribution in [1.29, 1.82) is 0 Å². The molecule has 0 unspecified atom stereocenters. The van der Waals surface area contributed by atoms with Crippen molar-refractivity contribution >= 4 is 0 Å². The van der Waals surface area contributed by atoms with Gasteiger partial charge in [-0.1, -0.05) is 0 Å². The first-order chi connectivity index (χ1) is 13.1. The lowest BCUT2D eigenvalue weighted by Crippen LogP contribution is -2.31. The minimum atomic E-state index is -0.596. The molecule has 0 N–H and O–H groups in total. The summed E-state index contributed by atoms with van der Waals surface area (Å²) in [6, 6.07) is 6.18. The Hall–Kier alpha value is -2.93. The molecule has 0 fully saturated rings. The maximum absolute atomic E-state index is 14.2. The van der Waals surface area contributed by atoms with Crippen LogP contribution in [0.1, 0.15) is 16.8 Å². The van der Waals surface area contributed by atoms with E-state index in [0.717, 1.165) is 16.8 Å². The molecular formula is C20H18F2N4O. The number of methoxy groups -OCH3 is 1. The molecule has 1 aliphatic rings. The van der Waals surface area contributed by atoms with E-state index < -0.39 is 11.6 Å². The Morgan fingerprint density at radius 2 is 2.00 bits per heavy atom. The zero-order valence-electron chi connectivity index (χ0n) is 14.8. The predicted octanol–water partition coefficient (Wildman–Crippen LogP) is 3.38. The molecule has 0 radical (unpaired) electrons. The van der Waals surface area contributed by atoms with Crippen LogP contribution in [-0.4, -0.2) is 33.5 Å².